The highest BCUT2D eigenvalue weighted by Crippen LogP contribution is 2.13. The molecule has 2 aromatic rings. The summed E-state index contributed by atoms with van der Waals surface area (Å²) < 4.78 is 26.9. The first kappa shape index (κ1) is 14.6. The van der Waals surface area contributed by atoms with Gasteiger partial charge in [0.2, 0.25) is 10.0 Å². The summed E-state index contributed by atoms with van der Waals surface area (Å²) in [6.07, 6.45) is 0.562. The first-order valence-electron chi connectivity index (χ1n) is 6.33. The Morgan fingerprint density at radius 1 is 1.05 bits per heavy atom. The fourth-order valence-corrected chi connectivity index (χ4v) is 3.22. The van der Waals surface area contributed by atoms with Crippen molar-refractivity contribution in [2.75, 3.05) is 0 Å². The smallest absolute Gasteiger partial charge is 0.240 e. The van der Waals surface area contributed by atoms with Crippen molar-refractivity contribution in [2.45, 2.75) is 24.3 Å². The van der Waals surface area contributed by atoms with Gasteiger partial charge >= 0.3 is 0 Å². The van der Waals surface area contributed by atoms with Crippen LogP contribution in [0.5, 0.6) is 5.75 Å². The average Bonchev–Trinajstić information content (AvgIpc) is 2.42. The molecule has 0 aliphatic carbocycles. The maximum atomic E-state index is 12.1. The van der Waals surface area contributed by atoms with Crippen LogP contribution in [0.1, 0.15) is 12.5 Å². The zero-order chi connectivity index (χ0) is 14.6. The monoisotopic (exact) mass is 291 g/mol. The van der Waals surface area contributed by atoms with Crippen LogP contribution in [-0.4, -0.2) is 19.6 Å². The van der Waals surface area contributed by atoms with E-state index in [0.29, 0.717) is 6.42 Å². The highest BCUT2D eigenvalue weighted by Gasteiger charge is 2.16. The van der Waals surface area contributed by atoms with Crippen molar-refractivity contribution in [3.63, 3.8) is 0 Å². The van der Waals surface area contributed by atoms with E-state index in [1.165, 1.54) is 0 Å². The molecule has 0 bridgehead atoms. The van der Waals surface area contributed by atoms with Gasteiger partial charge in [-0.15, -0.1) is 0 Å². The number of phenolic OH excluding ortho intramolecular Hbond substituents is 1. The largest absolute Gasteiger partial charge is 0.508 e. The fourth-order valence-electron chi connectivity index (χ4n) is 1.96. The van der Waals surface area contributed by atoms with Crippen LogP contribution in [0.2, 0.25) is 0 Å². The lowest BCUT2D eigenvalue weighted by atomic mass is 10.1. The van der Waals surface area contributed by atoms with Gasteiger partial charge in [-0.1, -0.05) is 30.3 Å². The van der Waals surface area contributed by atoms with Crippen LogP contribution in [0.25, 0.3) is 0 Å². The maximum absolute atomic E-state index is 12.1. The molecule has 20 heavy (non-hydrogen) atoms. The molecule has 0 aromatic heterocycles. The van der Waals surface area contributed by atoms with Crippen molar-refractivity contribution in [3.8, 4) is 5.75 Å². The predicted molar refractivity (Wildman–Crippen MR) is 78.0 cm³/mol. The number of nitrogens with one attached hydrogen (secondary N) is 1. The minimum Gasteiger partial charge on any atom is -0.508 e. The molecule has 0 radical (unpaired) electrons. The molecule has 0 spiro atoms. The van der Waals surface area contributed by atoms with Crippen molar-refractivity contribution < 1.29 is 13.5 Å². The van der Waals surface area contributed by atoms with E-state index in [1.54, 1.807) is 54.6 Å². The molecule has 1 atom stereocenters. The molecule has 2 aromatic carbocycles. The van der Waals surface area contributed by atoms with Crippen LogP contribution >= 0.6 is 0 Å². The first-order chi connectivity index (χ1) is 9.47. The van der Waals surface area contributed by atoms with E-state index < -0.39 is 10.0 Å². The van der Waals surface area contributed by atoms with Gasteiger partial charge in [0, 0.05) is 6.04 Å². The van der Waals surface area contributed by atoms with Gasteiger partial charge in [0.15, 0.2) is 0 Å². The van der Waals surface area contributed by atoms with Gasteiger partial charge in [0.25, 0.3) is 0 Å². The van der Waals surface area contributed by atoms with E-state index >= 15 is 0 Å². The molecule has 0 saturated heterocycles. The number of aromatic hydroxyl groups is 1. The van der Waals surface area contributed by atoms with E-state index in [2.05, 4.69) is 4.72 Å². The number of hydrogen-bond donors (Lipinski definition) is 2. The number of sulfonamides is 1. The molecule has 5 heteroatoms. The van der Waals surface area contributed by atoms with Crippen LogP contribution in [-0.2, 0) is 16.4 Å². The summed E-state index contributed by atoms with van der Waals surface area (Å²) in [5.74, 6) is 0.200. The molecule has 1 unspecified atom stereocenters. The van der Waals surface area contributed by atoms with Gasteiger partial charge in [-0.3, -0.25) is 0 Å². The molecule has 4 nitrogen and oxygen atoms in total. The zero-order valence-electron chi connectivity index (χ0n) is 11.2. The highest BCUT2D eigenvalue weighted by molar-refractivity contribution is 7.89. The van der Waals surface area contributed by atoms with Gasteiger partial charge in [-0.2, -0.15) is 0 Å². The van der Waals surface area contributed by atoms with E-state index in [9.17, 15) is 13.5 Å². The standard InChI is InChI=1S/C15H17NO3S/c1-12(11-13-7-9-14(17)10-8-13)16-20(18,19)15-5-3-2-4-6-15/h2-10,12,16-17H,11H2,1H3. The van der Waals surface area contributed by atoms with E-state index in [0.717, 1.165) is 5.56 Å². The summed E-state index contributed by atoms with van der Waals surface area (Å²) in [6.45, 7) is 1.81. The van der Waals surface area contributed by atoms with Crippen LogP contribution in [0.3, 0.4) is 0 Å². The lowest BCUT2D eigenvalue weighted by Crippen LogP contribution is -2.34. The van der Waals surface area contributed by atoms with Crippen molar-refractivity contribution in [3.05, 3.63) is 60.2 Å². The molecule has 0 heterocycles. The van der Waals surface area contributed by atoms with Crippen LogP contribution < -0.4 is 4.72 Å². The third-order valence-electron chi connectivity index (χ3n) is 2.89. The van der Waals surface area contributed by atoms with E-state index in [4.69, 9.17) is 0 Å². The summed E-state index contributed by atoms with van der Waals surface area (Å²) in [5, 5.41) is 9.21. The summed E-state index contributed by atoms with van der Waals surface area (Å²) in [5.41, 5.74) is 0.964. The number of rotatable bonds is 5. The predicted octanol–water partition coefficient (Wildman–Crippen LogP) is 2.30. The molecule has 0 aliphatic heterocycles. The second-order valence-corrected chi connectivity index (χ2v) is 6.42. The van der Waals surface area contributed by atoms with E-state index in [-0.39, 0.29) is 16.7 Å². The lowest BCUT2D eigenvalue weighted by molar-refractivity contribution is 0.475. The second-order valence-electron chi connectivity index (χ2n) is 4.71. The quantitative estimate of drug-likeness (QED) is 0.888. The summed E-state index contributed by atoms with van der Waals surface area (Å²) in [7, 11) is -3.49. The average molecular weight is 291 g/mol. The third kappa shape index (κ3) is 3.82. The fraction of sp³-hybridized carbons (Fsp3) is 0.200. The molecule has 106 valence electrons. The Morgan fingerprint density at radius 3 is 2.25 bits per heavy atom. The van der Waals surface area contributed by atoms with Gasteiger partial charge in [0.05, 0.1) is 4.90 Å². The first-order valence-corrected chi connectivity index (χ1v) is 7.81. The topological polar surface area (TPSA) is 66.4 Å². The molecule has 0 fully saturated rings. The molecular weight excluding hydrogens is 274 g/mol. The van der Waals surface area contributed by atoms with Gasteiger partial charge in [0.1, 0.15) is 5.75 Å². The molecule has 0 saturated carbocycles. The molecule has 0 amide bonds. The highest BCUT2D eigenvalue weighted by atomic mass is 32.2. The number of phenols is 1. The van der Waals surface area contributed by atoms with Gasteiger partial charge in [-0.25, -0.2) is 13.1 Å². The minimum absolute atomic E-state index is 0.200. The Hall–Kier alpha value is -1.85. The Bertz CT molecular complexity index is 651. The number of hydrogen-bond acceptors (Lipinski definition) is 3. The summed E-state index contributed by atoms with van der Waals surface area (Å²) in [6, 6.07) is 14.8. The van der Waals surface area contributed by atoms with Crippen LogP contribution in [0.15, 0.2) is 59.5 Å². The molecule has 2 N–H and O–H groups in total. The molecular formula is C15H17NO3S. The van der Waals surface area contributed by atoms with Gasteiger partial charge < -0.3 is 5.11 Å². The van der Waals surface area contributed by atoms with Crippen molar-refractivity contribution in [2.24, 2.45) is 0 Å². The van der Waals surface area contributed by atoms with Crippen LogP contribution in [0, 0.1) is 0 Å². The maximum Gasteiger partial charge on any atom is 0.240 e. The Kier molecular flexibility index (Phi) is 4.42. The number of benzene rings is 2. The van der Waals surface area contributed by atoms with Crippen molar-refractivity contribution in [1.29, 1.82) is 0 Å². The second kappa shape index (κ2) is 6.07. The van der Waals surface area contributed by atoms with Crippen molar-refractivity contribution >= 4 is 10.0 Å². The Balaban J connectivity index is 2.04. The molecule has 0 aliphatic rings. The Morgan fingerprint density at radius 2 is 1.65 bits per heavy atom. The third-order valence-corrected chi connectivity index (χ3v) is 4.49. The van der Waals surface area contributed by atoms with Crippen LogP contribution in [0.4, 0.5) is 0 Å². The minimum atomic E-state index is -3.49. The summed E-state index contributed by atoms with van der Waals surface area (Å²) in [4.78, 5) is 0.262. The summed E-state index contributed by atoms with van der Waals surface area (Å²) >= 11 is 0. The Labute approximate surface area is 119 Å². The molecule has 2 rings (SSSR count). The van der Waals surface area contributed by atoms with Crippen molar-refractivity contribution in [1.82, 2.24) is 4.72 Å². The lowest BCUT2D eigenvalue weighted by Gasteiger charge is -2.14. The normalized spacial score (nSPS) is 13.1. The van der Waals surface area contributed by atoms with Gasteiger partial charge in [-0.05, 0) is 43.2 Å². The van der Waals surface area contributed by atoms with E-state index in [1.807, 2.05) is 6.92 Å². The SMILES string of the molecule is CC(Cc1ccc(O)cc1)NS(=O)(=O)c1ccccc1. The zero-order valence-corrected chi connectivity index (χ0v) is 12.0.